The highest BCUT2D eigenvalue weighted by atomic mass is 16.5. The third-order valence-corrected chi connectivity index (χ3v) is 3.96. The van der Waals surface area contributed by atoms with Gasteiger partial charge in [-0.15, -0.1) is 0 Å². The van der Waals surface area contributed by atoms with Crippen LogP contribution < -0.4 is 0 Å². The highest BCUT2D eigenvalue weighted by Gasteiger charge is 2.26. The average Bonchev–Trinajstić information content (AvgIpc) is 2.45. The van der Waals surface area contributed by atoms with E-state index >= 15 is 0 Å². The van der Waals surface area contributed by atoms with Crippen LogP contribution in [-0.2, 0) is 11.3 Å². The first-order valence-electron chi connectivity index (χ1n) is 7.27. The van der Waals surface area contributed by atoms with E-state index in [0.29, 0.717) is 19.3 Å². The molecule has 2 rings (SSSR count). The third-order valence-electron chi connectivity index (χ3n) is 3.96. The number of hydrogen-bond acceptors (Lipinski definition) is 3. The monoisotopic (exact) mass is 263 g/mol. The van der Waals surface area contributed by atoms with Crippen molar-refractivity contribution >= 4 is 0 Å². The second-order valence-electron chi connectivity index (χ2n) is 5.44. The minimum atomic E-state index is -0.159. The standard InChI is InChI=1S/C16H25NO2/c1-17(15-9-5-6-10-16(15)18)11-12-19-13-14-7-3-2-4-8-14/h2-4,7-8,15-16,18H,5-6,9-13H2,1H3. The molecule has 1 saturated carbocycles. The Morgan fingerprint density at radius 3 is 2.68 bits per heavy atom. The zero-order valence-electron chi connectivity index (χ0n) is 11.8. The van der Waals surface area contributed by atoms with Crippen molar-refractivity contribution in [2.75, 3.05) is 20.2 Å². The van der Waals surface area contributed by atoms with Crippen LogP contribution in [0.5, 0.6) is 0 Å². The predicted octanol–water partition coefficient (Wildman–Crippen LogP) is 2.44. The number of likely N-dealkylation sites (N-methyl/N-ethyl adjacent to an activating group) is 1. The van der Waals surface area contributed by atoms with Gasteiger partial charge in [0.15, 0.2) is 0 Å². The maximum absolute atomic E-state index is 9.99. The van der Waals surface area contributed by atoms with E-state index in [1.54, 1.807) is 0 Å². The summed E-state index contributed by atoms with van der Waals surface area (Å²) in [7, 11) is 2.09. The van der Waals surface area contributed by atoms with E-state index in [1.165, 1.54) is 12.0 Å². The molecule has 0 bridgehead atoms. The van der Waals surface area contributed by atoms with Crippen molar-refractivity contribution in [2.24, 2.45) is 0 Å². The number of ether oxygens (including phenoxy) is 1. The van der Waals surface area contributed by atoms with Gasteiger partial charge < -0.3 is 9.84 Å². The highest BCUT2D eigenvalue weighted by Crippen LogP contribution is 2.22. The van der Waals surface area contributed by atoms with Gasteiger partial charge in [0.05, 0.1) is 19.3 Å². The summed E-state index contributed by atoms with van der Waals surface area (Å²) in [6.45, 7) is 2.27. The molecule has 19 heavy (non-hydrogen) atoms. The third kappa shape index (κ3) is 4.60. The van der Waals surface area contributed by atoms with Crippen LogP contribution in [0.2, 0.25) is 0 Å². The number of benzene rings is 1. The van der Waals surface area contributed by atoms with Crippen molar-refractivity contribution in [3.63, 3.8) is 0 Å². The number of nitrogens with zero attached hydrogens (tertiary/aromatic N) is 1. The summed E-state index contributed by atoms with van der Waals surface area (Å²) in [6, 6.07) is 10.5. The van der Waals surface area contributed by atoms with E-state index in [2.05, 4.69) is 24.1 Å². The van der Waals surface area contributed by atoms with E-state index in [-0.39, 0.29) is 6.10 Å². The summed E-state index contributed by atoms with van der Waals surface area (Å²) in [5.74, 6) is 0. The Morgan fingerprint density at radius 1 is 1.21 bits per heavy atom. The maximum Gasteiger partial charge on any atom is 0.0717 e. The molecule has 2 atom stereocenters. The first-order chi connectivity index (χ1) is 9.27. The molecule has 0 amide bonds. The van der Waals surface area contributed by atoms with Crippen molar-refractivity contribution in [3.05, 3.63) is 35.9 Å². The van der Waals surface area contributed by atoms with Crippen LogP contribution in [-0.4, -0.2) is 42.4 Å². The average molecular weight is 263 g/mol. The number of aliphatic hydroxyl groups excluding tert-OH is 1. The van der Waals surface area contributed by atoms with Crippen molar-refractivity contribution in [2.45, 2.75) is 44.4 Å². The lowest BCUT2D eigenvalue weighted by molar-refractivity contribution is 0.0145. The van der Waals surface area contributed by atoms with Crippen molar-refractivity contribution < 1.29 is 9.84 Å². The van der Waals surface area contributed by atoms with Gasteiger partial charge in [-0.3, -0.25) is 4.90 Å². The van der Waals surface area contributed by atoms with E-state index in [0.717, 1.165) is 25.8 Å². The molecule has 1 aromatic rings. The molecule has 3 heteroatoms. The smallest absolute Gasteiger partial charge is 0.0717 e. The molecule has 0 heterocycles. The van der Waals surface area contributed by atoms with E-state index in [1.807, 2.05) is 18.2 Å². The quantitative estimate of drug-likeness (QED) is 0.800. The minimum absolute atomic E-state index is 0.159. The van der Waals surface area contributed by atoms with Crippen LogP contribution in [0.3, 0.4) is 0 Å². The normalized spacial score (nSPS) is 23.7. The Morgan fingerprint density at radius 2 is 1.95 bits per heavy atom. The van der Waals surface area contributed by atoms with Gasteiger partial charge in [-0.25, -0.2) is 0 Å². The SMILES string of the molecule is CN(CCOCc1ccccc1)C1CCCCC1O. The summed E-state index contributed by atoms with van der Waals surface area (Å²) in [4.78, 5) is 2.24. The first-order valence-corrected chi connectivity index (χ1v) is 7.27. The Hall–Kier alpha value is -0.900. The van der Waals surface area contributed by atoms with Gasteiger partial charge in [0.25, 0.3) is 0 Å². The largest absolute Gasteiger partial charge is 0.391 e. The lowest BCUT2D eigenvalue weighted by Crippen LogP contribution is -2.44. The molecule has 1 N–H and O–H groups in total. The molecule has 0 aromatic heterocycles. The molecule has 1 aromatic carbocycles. The predicted molar refractivity (Wildman–Crippen MR) is 77.0 cm³/mol. The zero-order chi connectivity index (χ0) is 13.5. The molecule has 0 saturated heterocycles. The summed E-state index contributed by atoms with van der Waals surface area (Å²) in [5.41, 5.74) is 1.21. The Balaban J connectivity index is 1.65. The van der Waals surface area contributed by atoms with Crippen LogP contribution >= 0.6 is 0 Å². The van der Waals surface area contributed by atoms with Crippen LogP contribution in [0.1, 0.15) is 31.2 Å². The number of rotatable bonds is 6. The second kappa shape index (κ2) is 7.63. The fraction of sp³-hybridized carbons (Fsp3) is 0.625. The molecular formula is C16H25NO2. The van der Waals surface area contributed by atoms with Gasteiger partial charge >= 0.3 is 0 Å². The number of hydrogen-bond donors (Lipinski definition) is 1. The summed E-state index contributed by atoms with van der Waals surface area (Å²) < 4.78 is 5.69. The maximum atomic E-state index is 9.99. The highest BCUT2D eigenvalue weighted by molar-refractivity contribution is 5.13. The second-order valence-corrected chi connectivity index (χ2v) is 5.44. The molecule has 0 aliphatic heterocycles. The fourth-order valence-corrected chi connectivity index (χ4v) is 2.74. The fourth-order valence-electron chi connectivity index (χ4n) is 2.74. The van der Waals surface area contributed by atoms with Gasteiger partial charge in [-0.2, -0.15) is 0 Å². The van der Waals surface area contributed by atoms with Crippen LogP contribution in [0.4, 0.5) is 0 Å². The van der Waals surface area contributed by atoms with Crippen molar-refractivity contribution in [3.8, 4) is 0 Å². The van der Waals surface area contributed by atoms with Crippen LogP contribution in [0.15, 0.2) is 30.3 Å². The van der Waals surface area contributed by atoms with Crippen molar-refractivity contribution in [1.82, 2.24) is 4.90 Å². The molecule has 1 aliphatic rings. The van der Waals surface area contributed by atoms with E-state index < -0.39 is 0 Å². The van der Waals surface area contributed by atoms with E-state index in [9.17, 15) is 5.11 Å². The molecule has 2 unspecified atom stereocenters. The lowest BCUT2D eigenvalue weighted by atomic mass is 9.92. The number of aliphatic hydroxyl groups is 1. The van der Waals surface area contributed by atoms with Gasteiger partial charge in [0, 0.05) is 12.6 Å². The minimum Gasteiger partial charge on any atom is -0.391 e. The molecule has 0 spiro atoms. The molecule has 3 nitrogen and oxygen atoms in total. The zero-order valence-corrected chi connectivity index (χ0v) is 11.8. The Kier molecular flexibility index (Phi) is 5.83. The summed E-state index contributed by atoms with van der Waals surface area (Å²) in [6.07, 6.45) is 4.29. The Labute approximate surface area is 116 Å². The molecule has 0 radical (unpaired) electrons. The van der Waals surface area contributed by atoms with Gasteiger partial charge in [-0.1, -0.05) is 43.2 Å². The topological polar surface area (TPSA) is 32.7 Å². The lowest BCUT2D eigenvalue weighted by Gasteiger charge is -2.35. The van der Waals surface area contributed by atoms with Gasteiger partial charge in [0.1, 0.15) is 0 Å². The van der Waals surface area contributed by atoms with Crippen LogP contribution in [0.25, 0.3) is 0 Å². The van der Waals surface area contributed by atoms with Gasteiger partial charge in [0.2, 0.25) is 0 Å². The van der Waals surface area contributed by atoms with Gasteiger partial charge in [-0.05, 0) is 25.5 Å². The van der Waals surface area contributed by atoms with E-state index in [4.69, 9.17) is 4.74 Å². The molecule has 106 valence electrons. The molecule has 1 fully saturated rings. The summed E-state index contributed by atoms with van der Waals surface area (Å²) in [5, 5.41) is 9.99. The Bertz CT molecular complexity index is 355. The summed E-state index contributed by atoms with van der Waals surface area (Å²) >= 11 is 0. The van der Waals surface area contributed by atoms with Crippen LogP contribution in [0, 0.1) is 0 Å². The molecular weight excluding hydrogens is 238 g/mol. The first kappa shape index (κ1) is 14.5. The molecule has 1 aliphatic carbocycles. The van der Waals surface area contributed by atoms with Crippen molar-refractivity contribution in [1.29, 1.82) is 0 Å².